The highest BCUT2D eigenvalue weighted by atomic mass is 15.3. The van der Waals surface area contributed by atoms with Crippen molar-refractivity contribution in [1.82, 2.24) is 24.7 Å². The summed E-state index contributed by atoms with van der Waals surface area (Å²) in [5.74, 6) is 2.49. The maximum absolute atomic E-state index is 4.50. The highest BCUT2D eigenvalue weighted by molar-refractivity contribution is 5.28. The fraction of sp³-hybridized carbons (Fsp3) is 0.571. The summed E-state index contributed by atoms with van der Waals surface area (Å²) >= 11 is 0. The molecule has 6 heteroatoms. The van der Waals surface area contributed by atoms with Gasteiger partial charge in [-0.2, -0.15) is 5.10 Å². The zero-order valence-corrected chi connectivity index (χ0v) is 12.6. The average molecular weight is 274 g/mol. The van der Waals surface area contributed by atoms with Gasteiger partial charge in [0.25, 0.3) is 0 Å². The van der Waals surface area contributed by atoms with Crippen LogP contribution < -0.4 is 5.32 Å². The van der Waals surface area contributed by atoms with Gasteiger partial charge in [0.2, 0.25) is 5.95 Å². The molecule has 2 aromatic heterocycles. The van der Waals surface area contributed by atoms with E-state index in [2.05, 4.69) is 32.3 Å². The highest BCUT2D eigenvalue weighted by Gasteiger charge is 2.03. The van der Waals surface area contributed by atoms with Crippen LogP contribution >= 0.6 is 0 Å². The largest absolute Gasteiger partial charge is 0.354 e. The molecule has 2 aromatic rings. The smallest absolute Gasteiger partial charge is 0.222 e. The lowest BCUT2D eigenvalue weighted by Crippen LogP contribution is -2.11. The Morgan fingerprint density at radius 2 is 2.00 bits per heavy atom. The molecule has 0 aliphatic heterocycles. The van der Waals surface area contributed by atoms with Crippen molar-refractivity contribution in [1.29, 1.82) is 0 Å². The van der Waals surface area contributed by atoms with E-state index in [0.717, 1.165) is 48.8 Å². The summed E-state index contributed by atoms with van der Waals surface area (Å²) in [6.45, 7) is 9.71. The molecule has 20 heavy (non-hydrogen) atoms. The second-order valence-electron chi connectivity index (χ2n) is 4.89. The van der Waals surface area contributed by atoms with Gasteiger partial charge in [0, 0.05) is 25.0 Å². The molecule has 1 N–H and O–H groups in total. The van der Waals surface area contributed by atoms with E-state index in [9.17, 15) is 0 Å². The Morgan fingerprint density at radius 1 is 1.20 bits per heavy atom. The molecular formula is C14H22N6. The first-order chi connectivity index (χ1) is 9.60. The molecule has 0 radical (unpaired) electrons. The van der Waals surface area contributed by atoms with Crippen LogP contribution in [0.4, 0.5) is 5.95 Å². The molecule has 0 saturated heterocycles. The van der Waals surface area contributed by atoms with Gasteiger partial charge in [-0.25, -0.2) is 15.0 Å². The van der Waals surface area contributed by atoms with Crippen LogP contribution in [0.1, 0.15) is 36.3 Å². The molecule has 0 aliphatic rings. The molecule has 0 saturated carbocycles. The van der Waals surface area contributed by atoms with Gasteiger partial charge in [0.05, 0.1) is 0 Å². The molecule has 0 spiro atoms. The van der Waals surface area contributed by atoms with Gasteiger partial charge in [-0.05, 0) is 39.2 Å². The van der Waals surface area contributed by atoms with Crippen LogP contribution in [0, 0.1) is 20.8 Å². The van der Waals surface area contributed by atoms with Crippen molar-refractivity contribution in [2.24, 2.45) is 0 Å². The number of hydrogen-bond acceptors (Lipinski definition) is 5. The van der Waals surface area contributed by atoms with E-state index in [1.54, 1.807) is 0 Å². The van der Waals surface area contributed by atoms with Crippen LogP contribution in [0.15, 0.2) is 6.20 Å². The van der Waals surface area contributed by atoms with Gasteiger partial charge < -0.3 is 5.32 Å². The molecule has 6 nitrogen and oxygen atoms in total. The topological polar surface area (TPSA) is 68.5 Å². The number of rotatable bonds is 6. The Kier molecular flexibility index (Phi) is 4.65. The van der Waals surface area contributed by atoms with E-state index in [1.165, 1.54) is 0 Å². The maximum Gasteiger partial charge on any atom is 0.222 e. The Morgan fingerprint density at radius 3 is 2.65 bits per heavy atom. The van der Waals surface area contributed by atoms with Gasteiger partial charge in [0.15, 0.2) is 0 Å². The SMILES string of the molecule is CCc1nc(NCCCn2nc(C)nc2C)ncc1C. The van der Waals surface area contributed by atoms with Crippen LogP contribution in [0.5, 0.6) is 0 Å². The van der Waals surface area contributed by atoms with Crippen molar-refractivity contribution < 1.29 is 0 Å². The number of aryl methyl sites for hydroxylation is 5. The third-order valence-corrected chi connectivity index (χ3v) is 3.20. The standard InChI is InChI=1S/C14H22N6/c1-5-13-10(2)9-16-14(18-13)15-7-6-8-20-12(4)17-11(3)19-20/h9H,5-8H2,1-4H3,(H,15,16,18). The third-order valence-electron chi connectivity index (χ3n) is 3.20. The van der Waals surface area contributed by atoms with Gasteiger partial charge in [0.1, 0.15) is 11.6 Å². The molecule has 108 valence electrons. The summed E-state index contributed by atoms with van der Waals surface area (Å²) in [6.07, 6.45) is 3.77. The van der Waals surface area contributed by atoms with Gasteiger partial charge in [-0.15, -0.1) is 0 Å². The minimum absolute atomic E-state index is 0.707. The normalized spacial score (nSPS) is 10.8. The first-order valence-corrected chi connectivity index (χ1v) is 7.04. The van der Waals surface area contributed by atoms with Crippen molar-refractivity contribution in [3.8, 4) is 0 Å². The van der Waals surface area contributed by atoms with Crippen molar-refractivity contribution in [2.75, 3.05) is 11.9 Å². The summed E-state index contributed by atoms with van der Waals surface area (Å²) in [4.78, 5) is 13.1. The van der Waals surface area contributed by atoms with Crippen LogP contribution in [-0.4, -0.2) is 31.3 Å². The molecule has 0 aromatic carbocycles. The number of nitrogens with zero attached hydrogens (tertiary/aromatic N) is 5. The van der Waals surface area contributed by atoms with Gasteiger partial charge in [-0.1, -0.05) is 6.92 Å². The van der Waals surface area contributed by atoms with Gasteiger partial charge in [-0.3, -0.25) is 4.68 Å². The lowest BCUT2D eigenvalue weighted by molar-refractivity contribution is 0.571. The Labute approximate surface area is 119 Å². The van der Waals surface area contributed by atoms with Gasteiger partial charge >= 0.3 is 0 Å². The Hall–Kier alpha value is -1.98. The number of anilines is 1. The van der Waals surface area contributed by atoms with E-state index >= 15 is 0 Å². The fourth-order valence-electron chi connectivity index (χ4n) is 2.12. The van der Waals surface area contributed by atoms with Crippen molar-refractivity contribution >= 4 is 5.95 Å². The predicted octanol–water partition coefficient (Wildman–Crippen LogP) is 2.06. The predicted molar refractivity (Wildman–Crippen MR) is 78.7 cm³/mol. The van der Waals surface area contributed by atoms with Crippen LogP contribution in [0.2, 0.25) is 0 Å². The summed E-state index contributed by atoms with van der Waals surface area (Å²) in [5.41, 5.74) is 2.25. The van der Waals surface area contributed by atoms with Crippen molar-refractivity contribution in [3.05, 3.63) is 29.1 Å². The zero-order valence-electron chi connectivity index (χ0n) is 12.6. The first kappa shape index (κ1) is 14.4. The second kappa shape index (κ2) is 6.45. The summed E-state index contributed by atoms with van der Waals surface area (Å²) < 4.78 is 1.94. The molecule has 0 bridgehead atoms. The zero-order chi connectivity index (χ0) is 14.5. The molecular weight excluding hydrogens is 252 g/mol. The minimum atomic E-state index is 0.707. The number of hydrogen-bond donors (Lipinski definition) is 1. The van der Waals surface area contributed by atoms with Crippen LogP contribution in [0.25, 0.3) is 0 Å². The lowest BCUT2D eigenvalue weighted by Gasteiger charge is -2.08. The molecule has 0 atom stereocenters. The number of aromatic nitrogens is 5. The van der Waals surface area contributed by atoms with E-state index in [0.29, 0.717) is 5.95 Å². The van der Waals surface area contributed by atoms with E-state index < -0.39 is 0 Å². The number of nitrogens with one attached hydrogen (secondary N) is 1. The third kappa shape index (κ3) is 3.53. The highest BCUT2D eigenvalue weighted by Crippen LogP contribution is 2.07. The molecule has 2 rings (SSSR count). The monoisotopic (exact) mass is 274 g/mol. The molecule has 0 unspecified atom stereocenters. The fourth-order valence-corrected chi connectivity index (χ4v) is 2.12. The average Bonchev–Trinajstić information content (AvgIpc) is 2.75. The maximum atomic E-state index is 4.50. The van der Waals surface area contributed by atoms with E-state index in [1.807, 2.05) is 31.6 Å². The Bertz CT molecular complexity index is 575. The molecule has 2 heterocycles. The molecule has 0 fully saturated rings. The minimum Gasteiger partial charge on any atom is -0.354 e. The summed E-state index contributed by atoms with van der Waals surface area (Å²) in [6, 6.07) is 0. The molecule has 0 aliphatic carbocycles. The van der Waals surface area contributed by atoms with E-state index in [4.69, 9.17) is 0 Å². The van der Waals surface area contributed by atoms with Crippen LogP contribution in [0.3, 0.4) is 0 Å². The van der Waals surface area contributed by atoms with Crippen molar-refractivity contribution in [2.45, 2.75) is 47.1 Å². The lowest BCUT2D eigenvalue weighted by atomic mass is 10.2. The summed E-state index contributed by atoms with van der Waals surface area (Å²) in [7, 11) is 0. The Balaban J connectivity index is 1.83. The van der Waals surface area contributed by atoms with Crippen molar-refractivity contribution in [3.63, 3.8) is 0 Å². The second-order valence-corrected chi connectivity index (χ2v) is 4.89. The van der Waals surface area contributed by atoms with Crippen LogP contribution in [-0.2, 0) is 13.0 Å². The molecule has 0 amide bonds. The first-order valence-electron chi connectivity index (χ1n) is 7.04. The van der Waals surface area contributed by atoms with E-state index in [-0.39, 0.29) is 0 Å². The quantitative estimate of drug-likeness (QED) is 0.817. The summed E-state index contributed by atoms with van der Waals surface area (Å²) in [5, 5.41) is 7.60.